The summed E-state index contributed by atoms with van der Waals surface area (Å²) in [4.78, 5) is 10.5. The molecule has 0 aromatic rings. The summed E-state index contributed by atoms with van der Waals surface area (Å²) < 4.78 is 4.40. The Balaban J connectivity index is 0. The van der Waals surface area contributed by atoms with Crippen molar-refractivity contribution < 1.29 is 9.53 Å². The highest BCUT2D eigenvalue weighted by Crippen LogP contribution is 2.06. The molecule has 0 rings (SSSR count). The smallest absolute Gasteiger partial charge is 0.333 e. The van der Waals surface area contributed by atoms with Crippen molar-refractivity contribution in [3.05, 3.63) is 23.3 Å². The van der Waals surface area contributed by atoms with Crippen molar-refractivity contribution in [1.29, 1.82) is 0 Å². The first-order chi connectivity index (χ1) is 8.03. The van der Waals surface area contributed by atoms with E-state index >= 15 is 0 Å². The second kappa shape index (κ2) is 13.0. The molecular formula is C15H28O2. The third-order valence-corrected chi connectivity index (χ3v) is 2.61. The van der Waals surface area contributed by atoms with Crippen LogP contribution in [0.2, 0.25) is 0 Å². The number of methoxy groups -OCH3 is 1. The van der Waals surface area contributed by atoms with Gasteiger partial charge >= 0.3 is 5.97 Å². The maximum absolute atomic E-state index is 10.5. The molecule has 2 heteroatoms. The molecule has 0 amide bonds. The fourth-order valence-corrected chi connectivity index (χ4v) is 1.08. The Morgan fingerprint density at radius 3 is 2.00 bits per heavy atom. The highest BCUT2D eigenvalue weighted by Gasteiger charge is 1.98. The number of rotatable bonds is 5. The van der Waals surface area contributed by atoms with Gasteiger partial charge in [0.05, 0.1) is 7.11 Å². The molecule has 0 aromatic carbocycles. The van der Waals surface area contributed by atoms with Gasteiger partial charge < -0.3 is 4.74 Å². The predicted octanol–water partition coefficient (Wildman–Crippen LogP) is 4.66. The lowest BCUT2D eigenvalue weighted by atomic mass is 10.1. The Labute approximate surface area is 107 Å². The van der Waals surface area contributed by atoms with Crippen LogP contribution < -0.4 is 0 Å². The van der Waals surface area contributed by atoms with E-state index in [1.807, 2.05) is 0 Å². The average Bonchev–Trinajstić information content (AvgIpc) is 2.37. The number of hydrogen-bond donors (Lipinski definition) is 0. The summed E-state index contributed by atoms with van der Waals surface area (Å²) in [6, 6.07) is 0. The molecule has 0 aromatic heterocycles. The Morgan fingerprint density at radius 2 is 1.71 bits per heavy atom. The van der Waals surface area contributed by atoms with Crippen molar-refractivity contribution in [3.63, 3.8) is 0 Å². The topological polar surface area (TPSA) is 26.3 Å². The molecule has 0 saturated carbocycles. The largest absolute Gasteiger partial charge is 0.466 e. The van der Waals surface area contributed by atoms with Gasteiger partial charge in [-0.05, 0) is 40.5 Å². The molecule has 0 unspecified atom stereocenters. The van der Waals surface area contributed by atoms with Gasteiger partial charge in [-0.2, -0.15) is 0 Å². The van der Waals surface area contributed by atoms with E-state index in [4.69, 9.17) is 0 Å². The van der Waals surface area contributed by atoms with Crippen LogP contribution in [0.5, 0.6) is 0 Å². The minimum absolute atomic E-state index is 0.257. The normalized spacial score (nSPS) is 11.6. The monoisotopic (exact) mass is 240 g/mol. The van der Waals surface area contributed by atoms with Crippen molar-refractivity contribution in [2.24, 2.45) is 0 Å². The average molecular weight is 240 g/mol. The van der Waals surface area contributed by atoms with Crippen LogP contribution in [0.15, 0.2) is 23.3 Å². The maximum Gasteiger partial charge on any atom is 0.333 e. The number of unbranched alkanes of at least 4 members (excludes halogenated alkanes) is 2. The molecule has 2 nitrogen and oxygen atoms in total. The molecule has 0 saturated heterocycles. The van der Waals surface area contributed by atoms with Gasteiger partial charge in [-0.15, -0.1) is 0 Å². The van der Waals surface area contributed by atoms with Crippen LogP contribution in [0.25, 0.3) is 0 Å². The first-order valence-corrected chi connectivity index (χ1v) is 6.36. The standard InChI is InChI=1S/C9H18.C6H10O2/c1-4-6-7-8-9(3)5-2;1-4-5(2)6(7)8-3/h5H,4,6-8H2,1-3H3;4H,1-3H3/b9-5-;5-4+. The van der Waals surface area contributed by atoms with Gasteiger partial charge in [0.2, 0.25) is 0 Å². The van der Waals surface area contributed by atoms with Crippen LogP contribution >= 0.6 is 0 Å². The summed E-state index contributed by atoms with van der Waals surface area (Å²) in [6.07, 6.45) is 9.29. The van der Waals surface area contributed by atoms with Gasteiger partial charge in [0, 0.05) is 5.57 Å². The van der Waals surface area contributed by atoms with Crippen LogP contribution in [0.1, 0.15) is 60.3 Å². The molecule has 0 aliphatic heterocycles. The van der Waals surface area contributed by atoms with Crippen molar-refractivity contribution in [2.45, 2.75) is 60.3 Å². The SMILES string of the molecule is C/C=C(/C)CCCCC.C/C=C(\C)C(=O)OC. The Morgan fingerprint density at radius 1 is 1.12 bits per heavy atom. The second-order valence-electron chi connectivity index (χ2n) is 4.06. The fourth-order valence-electron chi connectivity index (χ4n) is 1.08. The van der Waals surface area contributed by atoms with E-state index in [2.05, 4.69) is 31.6 Å². The molecule has 0 spiro atoms. The Hall–Kier alpha value is -1.05. The van der Waals surface area contributed by atoms with Crippen LogP contribution in [0, 0.1) is 0 Å². The summed E-state index contributed by atoms with van der Waals surface area (Å²) in [6.45, 7) is 10.1. The Bertz CT molecular complexity index is 250. The maximum atomic E-state index is 10.5. The molecule has 0 bridgehead atoms. The van der Waals surface area contributed by atoms with E-state index in [1.165, 1.54) is 38.4 Å². The number of allylic oxidation sites excluding steroid dienone is 3. The van der Waals surface area contributed by atoms with Crippen molar-refractivity contribution in [2.75, 3.05) is 7.11 Å². The number of esters is 1. The minimum Gasteiger partial charge on any atom is -0.466 e. The molecule has 0 heterocycles. The van der Waals surface area contributed by atoms with Gasteiger partial charge in [0.15, 0.2) is 0 Å². The van der Waals surface area contributed by atoms with Crippen LogP contribution in [-0.2, 0) is 9.53 Å². The number of ether oxygens (including phenoxy) is 1. The molecular weight excluding hydrogens is 212 g/mol. The third-order valence-electron chi connectivity index (χ3n) is 2.61. The third kappa shape index (κ3) is 12.9. The van der Waals surface area contributed by atoms with Gasteiger partial charge in [0.25, 0.3) is 0 Å². The van der Waals surface area contributed by atoms with E-state index in [1.54, 1.807) is 19.9 Å². The van der Waals surface area contributed by atoms with Gasteiger partial charge in [-0.3, -0.25) is 0 Å². The van der Waals surface area contributed by atoms with E-state index < -0.39 is 0 Å². The lowest BCUT2D eigenvalue weighted by Crippen LogP contribution is -2.00. The van der Waals surface area contributed by atoms with Crippen molar-refractivity contribution >= 4 is 5.97 Å². The van der Waals surface area contributed by atoms with E-state index in [0.717, 1.165) is 0 Å². The van der Waals surface area contributed by atoms with Crippen LogP contribution in [-0.4, -0.2) is 13.1 Å². The number of carbonyl (C=O) groups excluding carboxylic acids is 1. The van der Waals surface area contributed by atoms with Gasteiger partial charge in [0.1, 0.15) is 0 Å². The van der Waals surface area contributed by atoms with Crippen LogP contribution in [0.3, 0.4) is 0 Å². The molecule has 0 radical (unpaired) electrons. The molecule has 0 N–H and O–H groups in total. The zero-order chi connectivity index (χ0) is 13.7. The van der Waals surface area contributed by atoms with E-state index in [9.17, 15) is 4.79 Å². The van der Waals surface area contributed by atoms with Crippen molar-refractivity contribution in [1.82, 2.24) is 0 Å². The molecule has 0 aliphatic rings. The zero-order valence-corrected chi connectivity index (χ0v) is 12.3. The summed E-state index contributed by atoms with van der Waals surface area (Å²) in [7, 11) is 1.37. The van der Waals surface area contributed by atoms with Crippen molar-refractivity contribution in [3.8, 4) is 0 Å². The van der Waals surface area contributed by atoms with Gasteiger partial charge in [-0.1, -0.05) is 37.5 Å². The molecule has 0 atom stereocenters. The number of carbonyl (C=O) groups is 1. The highest BCUT2D eigenvalue weighted by molar-refractivity contribution is 5.87. The Kier molecular flexibility index (Phi) is 14.0. The van der Waals surface area contributed by atoms with Crippen LogP contribution in [0.4, 0.5) is 0 Å². The summed E-state index contributed by atoms with van der Waals surface area (Å²) in [5, 5.41) is 0. The fraction of sp³-hybridized carbons (Fsp3) is 0.667. The number of hydrogen-bond acceptors (Lipinski definition) is 2. The molecule has 17 heavy (non-hydrogen) atoms. The summed E-state index contributed by atoms with van der Waals surface area (Å²) >= 11 is 0. The molecule has 0 aliphatic carbocycles. The van der Waals surface area contributed by atoms with Gasteiger partial charge in [-0.25, -0.2) is 4.79 Å². The minimum atomic E-state index is -0.257. The first-order valence-electron chi connectivity index (χ1n) is 6.36. The summed E-state index contributed by atoms with van der Waals surface area (Å²) in [5.41, 5.74) is 2.18. The zero-order valence-electron chi connectivity index (χ0n) is 12.3. The lowest BCUT2D eigenvalue weighted by Gasteiger charge is -1.96. The summed E-state index contributed by atoms with van der Waals surface area (Å²) in [5.74, 6) is -0.257. The molecule has 0 fully saturated rings. The lowest BCUT2D eigenvalue weighted by molar-refractivity contribution is -0.136. The quantitative estimate of drug-likeness (QED) is 0.302. The van der Waals surface area contributed by atoms with E-state index in [0.29, 0.717) is 5.57 Å². The molecule has 100 valence electrons. The second-order valence-corrected chi connectivity index (χ2v) is 4.06. The first kappa shape index (κ1) is 18.3. The van der Waals surface area contributed by atoms with E-state index in [-0.39, 0.29) is 5.97 Å². The predicted molar refractivity (Wildman–Crippen MR) is 75.0 cm³/mol. The highest BCUT2D eigenvalue weighted by atomic mass is 16.5.